The smallest absolute Gasteiger partial charge is 0.253 e. The molecule has 0 aliphatic carbocycles. The van der Waals surface area contributed by atoms with Gasteiger partial charge in [0.15, 0.2) is 11.5 Å². The average molecular weight is 246 g/mol. The third kappa shape index (κ3) is 2.15. The Morgan fingerprint density at radius 3 is 2.50 bits per heavy atom. The van der Waals surface area contributed by atoms with E-state index in [1.807, 2.05) is 17.0 Å². The normalized spacial score (nSPS) is 18.6. The van der Waals surface area contributed by atoms with Crippen LogP contribution in [0.25, 0.3) is 0 Å². The highest BCUT2D eigenvalue weighted by molar-refractivity contribution is 5.95. The lowest BCUT2D eigenvalue weighted by molar-refractivity contribution is 0.0723. The van der Waals surface area contributed by atoms with E-state index < -0.39 is 0 Å². The van der Waals surface area contributed by atoms with Crippen LogP contribution in [0, 0.1) is 0 Å². The fourth-order valence-corrected chi connectivity index (χ4v) is 2.46. The van der Waals surface area contributed by atoms with Crippen LogP contribution in [0.5, 0.6) is 11.5 Å². The molecular formula is C14H17NO3. The first-order valence-corrected chi connectivity index (χ1v) is 6.53. The summed E-state index contributed by atoms with van der Waals surface area (Å²) in [5.74, 6) is 1.52. The summed E-state index contributed by atoms with van der Waals surface area (Å²) >= 11 is 0. The molecule has 2 heterocycles. The highest BCUT2D eigenvalue weighted by Crippen LogP contribution is 2.31. The van der Waals surface area contributed by atoms with Gasteiger partial charge in [0.05, 0.1) is 0 Å². The summed E-state index contributed by atoms with van der Waals surface area (Å²) in [6.45, 7) is 2.86. The van der Waals surface area contributed by atoms with Gasteiger partial charge in [0.25, 0.3) is 5.91 Å². The highest BCUT2D eigenvalue weighted by Gasteiger charge is 2.20. The molecule has 0 radical (unpaired) electrons. The van der Waals surface area contributed by atoms with E-state index >= 15 is 0 Å². The molecule has 1 aromatic rings. The SMILES string of the molecule is O=[11C](c1ccc2c(c1)OCCO2)N1CCCCC1. The first kappa shape index (κ1) is 11.4. The van der Waals surface area contributed by atoms with E-state index in [-0.39, 0.29) is 5.91 Å². The lowest BCUT2D eigenvalue weighted by atomic mass is 9.84. The van der Waals surface area contributed by atoms with Gasteiger partial charge >= 0.3 is 0 Å². The molecule has 1 amide bonds. The monoisotopic (exact) mass is 246 g/mol. The van der Waals surface area contributed by atoms with Crippen molar-refractivity contribution in [3.8, 4) is 11.5 Å². The van der Waals surface area contributed by atoms with Crippen LogP contribution in [0.4, 0.5) is 0 Å². The van der Waals surface area contributed by atoms with Crippen LogP contribution in [0.1, 0.15) is 29.6 Å². The first-order chi connectivity index (χ1) is 8.84. The lowest BCUT2D eigenvalue weighted by Crippen LogP contribution is -2.35. The van der Waals surface area contributed by atoms with E-state index in [1.165, 1.54) is 6.42 Å². The maximum absolute atomic E-state index is 12.3. The van der Waals surface area contributed by atoms with Crippen molar-refractivity contribution in [1.82, 2.24) is 4.90 Å². The number of likely N-dealkylation sites (tertiary alicyclic amines) is 1. The summed E-state index contributed by atoms with van der Waals surface area (Å²) in [7, 11) is 0. The van der Waals surface area contributed by atoms with Crippen molar-refractivity contribution in [2.75, 3.05) is 26.3 Å². The third-order valence-electron chi connectivity index (χ3n) is 3.43. The van der Waals surface area contributed by atoms with Gasteiger partial charge in [-0.1, -0.05) is 0 Å². The number of hydrogen-bond donors (Lipinski definition) is 0. The number of nitrogens with zero attached hydrogens (tertiary/aromatic N) is 1. The van der Waals surface area contributed by atoms with E-state index in [1.54, 1.807) is 6.07 Å². The zero-order chi connectivity index (χ0) is 12.4. The van der Waals surface area contributed by atoms with Crippen molar-refractivity contribution in [3.63, 3.8) is 0 Å². The minimum atomic E-state index is 0.103. The van der Waals surface area contributed by atoms with Crippen LogP contribution in [0.2, 0.25) is 0 Å². The maximum Gasteiger partial charge on any atom is 0.253 e. The van der Waals surface area contributed by atoms with Crippen molar-refractivity contribution in [1.29, 1.82) is 0 Å². The number of fused-ring (bicyclic) bond motifs is 1. The molecule has 1 saturated heterocycles. The van der Waals surface area contributed by atoms with Gasteiger partial charge in [-0.2, -0.15) is 0 Å². The maximum atomic E-state index is 12.3. The fourth-order valence-electron chi connectivity index (χ4n) is 2.46. The number of carbonyl (C=O) groups is 1. The summed E-state index contributed by atoms with van der Waals surface area (Å²) in [6.07, 6.45) is 3.44. The van der Waals surface area contributed by atoms with Gasteiger partial charge in [0, 0.05) is 18.7 Å². The molecule has 0 spiro atoms. The van der Waals surface area contributed by atoms with Gasteiger partial charge in [-0.3, -0.25) is 4.79 Å². The van der Waals surface area contributed by atoms with Crippen LogP contribution < -0.4 is 9.47 Å². The zero-order valence-electron chi connectivity index (χ0n) is 10.4. The Morgan fingerprint density at radius 2 is 1.72 bits per heavy atom. The van der Waals surface area contributed by atoms with Crippen molar-refractivity contribution < 1.29 is 14.3 Å². The number of amides is 1. The molecule has 4 heteroatoms. The number of ether oxygens (including phenoxy) is 2. The van der Waals surface area contributed by atoms with Crippen LogP contribution in [0.3, 0.4) is 0 Å². The summed E-state index contributed by atoms with van der Waals surface area (Å²) in [6, 6.07) is 5.45. The van der Waals surface area contributed by atoms with Crippen molar-refractivity contribution >= 4 is 5.91 Å². The number of piperidine rings is 1. The largest absolute Gasteiger partial charge is 0.486 e. The second-order valence-corrected chi connectivity index (χ2v) is 4.71. The molecule has 0 N–H and O–H groups in total. The van der Waals surface area contributed by atoms with Gasteiger partial charge in [-0.15, -0.1) is 0 Å². The van der Waals surface area contributed by atoms with E-state index in [0.717, 1.165) is 31.7 Å². The molecule has 1 fully saturated rings. The molecule has 3 rings (SSSR count). The van der Waals surface area contributed by atoms with Gasteiger partial charge < -0.3 is 14.4 Å². The quantitative estimate of drug-likeness (QED) is 0.761. The van der Waals surface area contributed by atoms with Crippen LogP contribution in [-0.2, 0) is 0 Å². The summed E-state index contributed by atoms with van der Waals surface area (Å²) in [4.78, 5) is 14.2. The minimum Gasteiger partial charge on any atom is -0.486 e. The molecule has 0 atom stereocenters. The Balaban J connectivity index is 1.80. The molecule has 0 bridgehead atoms. The van der Waals surface area contributed by atoms with Crippen molar-refractivity contribution in [2.24, 2.45) is 0 Å². The average Bonchev–Trinajstić information content (AvgIpc) is 2.47. The molecule has 0 unspecified atom stereocenters. The van der Waals surface area contributed by atoms with Gasteiger partial charge in [-0.25, -0.2) is 0 Å². The fraction of sp³-hybridized carbons (Fsp3) is 0.500. The Kier molecular flexibility index (Phi) is 3.09. The van der Waals surface area contributed by atoms with Gasteiger partial charge in [0.1, 0.15) is 13.2 Å². The highest BCUT2D eigenvalue weighted by atomic mass is 16.6. The second-order valence-electron chi connectivity index (χ2n) is 4.71. The molecular weight excluding hydrogens is 229 g/mol. The predicted octanol–water partition coefficient (Wildman–Crippen LogP) is 2.08. The summed E-state index contributed by atoms with van der Waals surface area (Å²) < 4.78 is 11.0. The molecule has 4 nitrogen and oxygen atoms in total. The molecule has 0 saturated carbocycles. The van der Waals surface area contributed by atoms with Crippen molar-refractivity contribution in [2.45, 2.75) is 19.3 Å². The summed E-state index contributed by atoms with van der Waals surface area (Å²) in [5.41, 5.74) is 0.696. The van der Waals surface area contributed by atoms with E-state index in [2.05, 4.69) is 0 Å². The Bertz CT molecular complexity index is 452. The Hall–Kier alpha value is -1.71. The van der Waals surface area contributed by atoms with E-state index in [0.29, 0.717) is 24.5 Å². The first-order valence-electron chi connectivity index (χ1n) is 6.53. The molecule has 1 aromatic carbocycles. The van der Waals surface area contributed by atoms with E-state index in [4.69, 9.17) is 9.47 Å². The summed E-state index contributed by atoms with van der Waals surface area (Å²) in [5, 5.41) is 0. The molecule has 2 aliphatic rings. The lowest BCUT2D eigenvalue weighted by Gasteiger charge is -2.27. The topological polar surface area (TPSA) is 38.8 Å². The molecule has 0 aromatic heterocycles. The third-order valence-corrected chi connectivity index (χ3v) is 3.43. The van der Waals surface area contributed by atoms with Gasteiger partial charge in [-0.05, 0) is 37.5 Å². The standard InChI is InChI=1S/C14H17NO3/c16-14(15-6-2-1-3-7-15)11-4-5-12-13(10-11)18-9-8-17-12/h4-5,10H,1-3,6-9H2/i14-1. The molecule has 2 aliphatic heterocycles. The number of benzene rings is 1. The Labute approximate surface area is 106 Å². The number of rotatable bonds is 1. The molecule has 96 valence electrons. The van der Waals surface area contributed by atoms with Crippen LogP contribution in [-0.4, -0.2) is 37.1 Å². The van der Waals surface area contributed by atoms with E-state index in [9.17, 15) is 4.79 Å². The van der Waals surface area contributed by atoms with Crippen molar-refractivity contribution in [3.05, 3.63) is 23.8 Å². The second kappa shape index (κ2) is 4.88. The molecule has 18 heavy (non-hydrogen) atoms. The number of carbonyl (C=O) groups excluding carboxylic acids is 1. The Morgan fingerprint density at radius 1 is 1.00 bits per heavy atom. The zero-order valence-corrected chi connectivity index (χ0v) is 10.4. The van der Waals surface area contributed by atoms with Crippen LogP contribution in [0.15, 0.2) is 18.2 Å². The number of hydrogen-bond acceptors (Lipinski definition) is 3. The van der Waals surface area contributed by atoms with Gasteiger partial charge in [0.2, 0.25) is 0 Å². The van der Waals surface area contributed by atoms with Crippen LogP contribution >= 0.6 is 0 Å². The minimum absolute atomic E-state index is 0.103. The predicted molar refractivity (Wildman–Crippen MR) is 67.2 cm³/mol.